The number of hydrogen-bond acceptors (Lipinski definition) is 9. The zero-order valence-electron chi connectivity index (χ0n) is 29.9. The maximum absolute atomic E-state index is 16.0. The molecule has 1 aliphatic carbocycles. The minimum atomic E-state index is -3.05. The number of nitrogens with zero attached hydrogens (tertiary/aromatic N) is 3. The Morgan fingerprint density at radius 3 is 2.45 bits per heavy atom. The van der Waals surface area contributed by atoms with Gasteiger partial charge in [-0.15, -0.1) is 0 Å². The smallest absolute Gasteiger partial charge is 0.341 e. The molecule has 51 heavy (non-hydrogen) atoms. The number of carbonyl (C=O) groups is 4. The fourth-order valence-electron chi connectivity index (χ4n) is 6.89. The predicted octanol–water partition coefficient (Wildman–Crippen LogP) is 5.11. The van der Waals surface area contributed by atoms with Crippen LogP contribution in [0, 0.1) is 5.82 Å². The molecule has 274 valence electrons. The number of hydrogen-bond donors (Lipinski definition) is 1. The first kappa shape index (κ1) is 37.7. The van der Waals surface area contributed by atoms with Gasteiger partial charge in [-0.3, -0.25) is 14.4 Å². The standard InChI is InChI=1S/C37H45FN3O9P/c1-7-8-31(44)50-29-12-11-24(51(6,48)16-15-42)17-27(29)37(3,4)19-30(43)40-14-13-39(20-22(40)2)33-28(38)18-25-32(35(33)49-5)41(23-9-10-23)21-26(34(25)45)36(46)47/h11-12,15,17-18,21-23H,7-10,13-14,16,19-20H2,1-6H3,(H,46,47). The maximum atomic E-state index is 16.0. The van der Waals surface area contributed by atoms with Crippen LogP contribution >= 0.6 is 7.14 Å². The number of benzene rings is 2. The number of aldehydes is 1. The van der Waals surface area contributed by atoms with Crippen LogP contribution in [0.2, 0.25) is 0 Å². The number of amides is 1. The zero-order chi connectivity index (χ0) is 37.4. The van der Waals surface area contributed by atoms with Gasteiger partial charge in [0, 0.05) is 67.0 Å². The van der Waals surface area contributed by atoms with Gasteiger partial charge in [-0.05, 0) is 57.1 Å². The number of halogens is 1. The molecule has 1 aliphatic heterocycles. The van der Waals surface area contributed by atoms with Gasteiger partial charge in [0.15, 0.2) is 11.6 Å². The van der Waals surface area contributed by atoms with Gasteiger partial charge in [-0.25, -0.2) is 9.18 Å². The van der Waals surface area contributed by atoms with Gasteiger partial charge in [-0.2, -0.15) is 0 Å². The molecule has 14 heteroatoms. The van der Waals surface area contributed by atoms with Crippen LogP contribution < -0.4 is 25.1 Å². The molecule has 1 N–H and O–H groups in total. The Balaban J connectivity index is 1.43. The summed E-state index contributed by atoms with van der Waals surface area (Å²) >= 11 is 0. The number of anilines is 1. The molecule has 2 atom stereocenters. The van der Waals surface area contributed by atoms with E-state index in [-0.39, 0.29) is 79.2 Å². The summed E-state index contributed by atoms with van der Waals surface area (Å²) in [6.07, 6.45) is 4.14. The summed E-state index contributed by atoms with van der Waals surface area (Å²) < 4.78 is 42.5. The van der Waals surface area contributed by atoms with Crippen LogP contribution in [-0.4, -0.2) is 84.3 Å². The molecule has 0 bridgehead atoms. The minimum absolute atomic E-state index is 0.00799. The quantitative estimate of drug-likeness (QED) is 0.109. The monoisotopic (exact) mass is 725 g/mol. The van der Waals surface area contributed by atoms with Crippen molar-refractivity contribution in [2.24, 2.45) is 0 Å². The van der Waals surface area contributed by atoms with E-state index in [1.54, 1.807) is 32.6 Å². The van der Waals surface area contributed by atoms with E-state index >= 15 is 4.39 Å². The van der Waals surface area contributed by atoms with E-state index < -0.39 is 41.3 Å². The van der Waals surface area contributed by atoms with Crippen molar-refractivity contribution < 1.29 is 42.7 Å². The van der Waals surface area contributed by atoms with Crippen molar-refractivity contribution in [3.63, 3.8) is 0 Å². The third-order valence-corrected chi connectivity index (χ3v) is 12.0. The van der Waals surface area contributed by atoms with Crippen LogP contribution in [0.4, 0.5) is 10.1 Å². The average Bonchev–Trinajstić information content (AvgIpc) is 3.90. The Morgan fingerprint density at radius 2 is 1.86 bits per heavy atom. The number of carboxylic acids is 1. The molecule has 1 aromatic heterocycles. The van der Waals surface area contributed by atoms with Crippen molar-refractivity contribution in [3.8, 4) is 11.5 Å². The van der Waals surface area contributed by atoms with Crippen LogP contribution in [0.15, 0.2) is 35.3 Å². The lowest BCUT2D eigenvalue weighted by atomic mass is 9.80. The number of carbonyl (C=O) groups excluding carboxylic acids is 3. The largest absolute Gasteiger partial charge is 0.492 e. The summed E-state index contributed by atoms with van der Waals surface area (Å²) in [4.78, 5) is 66.2. The second kappa shape index (κ2) is 14.6. The SMILES string of the molecule is CCCC(=O)Oc1ccc(P(C)(=O)CC=O)cc1C(C)(C)CC(=O)N1CCN(c2c(F)cc3c(=O)c(C(=O)O)cn(C4CC4)c3c2OC)CC1C. The second-order valence-corrected chi connectivity index (χ2v) is 17.3. The van der Waals surface area contributed by atoms with Crippen LogP contribution in [0.3, 0.4) is 0 Å². The summed E-state index contributed by atoms with van der Waals surface area (Å²) in [5, 5.41) is 10.0. The molecule has 2 heterocycles. The Morgan fingerprint density at radius 1 is 1.16 bits per heavy atom. The van der Waals surface area contributed by atoms with E-state index in [9.17, 15) is 33.6 Å². The van der Waals surface area contributed by atoms with Crippen molar-refractivity contribution >= 4 is 53.2 Å². The van der Waals surface area contributed by atoms with E-state index in [2.05, 4.69) is 0 Å². The second-order valence-electron chi connectivity index (χ2n) is 14.2. The van der Waals surface area contributed by atoms with E-state index in [1.165, 1.54) is 20.0 Å². The Labute approximate surface area is 295 Å². The summed E-state index contributed by atoms with van der Waals surface area (Å²) in [6, 6.07) is 5.50. The van der Waals surface area contributed by atoms with Crippen LogP contribution in [0.25, 0.3) is 10.9 Å². The number of aromatic nitrogens is 1. The average molecular weight is 726 g/mol. The number of carboxylic acid groups (broad SMARTS) is 1. The Hall–Kier alpha value is -4.51. The van der Waals surface area contributed by atoms with Crippen molar-refractivity contribution in [3.05, 3.63) is 57.6 Å². The van der Waals surface area contributed by atoms with E-state index in [1.807, 2.05) is 27.7 Å². The van der Waals surface area contributed by atoms with Crippen molar-refractivity contribution in [2.45, 2.75) is 77.3 Å². The molecule has 2 unspecified atom stereocenters. The minimum Gasteiger partial charge on any atom is -0.492 e. The summed E-state index contributed by atoms with van der Waals surface area (Å²) in [5.74, 6) is -2.35. The van der Waals surface area contributed by atoms with Crippen molar-refractivity contribution in [2.75, 3.05) is 44.5 Å². The van der Waals surface area contributed by atoms with E-state index in [0.29, 0.717) is 29.1 Å². The molecule has 0 radical (unpaired) electrons. The van der Waals surface area contributed by atoms with Gasteiger partial charge in [0.1, 0.15) is 30.4 Å². The number of ether oxygens (including phenoxy) is 2. The summed E-state index contributed by atoms with van der Waals surface area (Å²) in [6.45, 7) is 9.64. The molecule has 2 fully saturated rings. The molecule has 2 aliphatic rings. The number of esters is 1. The lowest BCUT2D eigenvalue weighted by Crippen LogP contribution is -2.55. The molecule has 1 saturated heterocycles. The third kappa shape index (κ3) is 7.59. The van der Waals surface area contributed by atoms with Gasteiger partial charge in [-0.1, -0.05) is 20.8 Å². The van der Waals surface area contributed by atoms with Crippen LogP contribution in [0.5, 0.6) is 11.5 Å². The van der Waals surface area contributed by atoms with Crippen molar-refractivity contribution in [1.29, 1.82) is 0 Å². The first-order valence-corrected chi connectivity index (χ1v) is 19.5. The highest BCUT2D eigenvalue weighted by Gasteiger charge is 2.37. The number of piperazine rings is 1. The first-order chi connectivity index (χ1) is 24.0. The van der Waals surface area contributed by atoms with E-state index in [4.69, 9.17) is 9.47 Å². The normalized spacial score (nSPS) is 17.6. The van der Waals surface area contributed by atoms with Gasteiger partial charge in [0.05, 0.1) is 24.2 Å². The van der Waals surface area contributed by atoms with Gasteiger partial charge >= 0.3 is 11.9 Å². The number of aromatic carboxylic acids is 1. The fourth-order valence-corrected chi connectivity index (χ4v) is 8.17. The lowest BCUT2D eigenvalue weighted by Gasteiger charge is -2.42. The fraction of sp³-hybridized carbons (Fsp3) is 0.486. The molecule has 0 spiro atoms. The predicted molar refractivity (Wildman–Crippen MR) is 192 cm³/mol. The number of rotatable bonds is 13. The molecule has 1 amide bonds. The third-order valence-electron chi connectivity index (χ3n) is 9.77. The summed E-state index contributed by atoms with van der Waals surface area (Å²) in [5.41, 5.74) is -1.12. The molecular formula is C37H45FN3O9P. The maximum Gasteiger partial charge on any atom is 0.341 e. The first-order valence-electron chi connectivity index (χ1n) is 17.1. The Bertz CT molecular complexity index is 2010. The highest BCUT2D eigenvalue weighted by molar-refractivity contribution is 7.71. The summed E-state index contributed by atoms with van der Waals surface area (Å²) in [7, 11) is -1.67. The molecule has 2 aromatic carbocycles. The van der Waals surface area contributed by atoms with Gasteiger partial charge in [0.2, 0.25) is 11.3 Å². The van der Waals surface area contributed by atoms with Crippen LogP contribution in [-0.2, 0) is 24.4 Å². The Kier molecular flexibility index (Phi) is 10.8. The molecule has 12 nitrogen and oxygen atoms in total. The zero-order valence-corrected chi connectivity index (χ0v) is 30.8. The highest BCUT2D eigenvalue weighted by atomic mass is 31.2. The lowest BCUT2D eigenvalue weighted by molar-refractivity contribution is -0.135. The van der Waals surface area contributed by atoms with E-state index in [0.717, 1.165) is 18.9 Å². The topological polar surface area (TPSA) is 153 Å². The van der Waals surface area contributed by atoms with Crippen LogP contribution in [0.1, 0.15) is 81.8 Å². The molecule has 3 aromatic rings. The molecular weight excluding hydrogens is 680 g/mol. The number of pyridine rings is 1. The molecule has 5 rings (SSSR count). The number of methoxy groups -OCH3 is 1. The number of fused-ring (bicyclic) bond motifs is 1. The molecule has 1 saturated carbocycles. The van der Waals surface area contributed by atoms with Crippen molar-refractivity contribution in [1.82, 2.24) is 9.47 Å². The van der Waals surface area contributed by atoms with Gasteiger partial charge < -0.3 is 38.3 Å². The van der Waals surface area contributed by atoms with Gasteiger partial charge in [0.25, 0.3) is 0 Å². The highest BCUT2D eigenvalue weighted by Crippen LogP contribution is 2.45.